The Morgan fingerprint density at radius 1 is 1.38 bits per heavy atom. The van der Waals surface area contributed by atoms with Gasteiger partial charge in [0.25, 0.3) is 0 Å². The summed E-state index contributed by atoms with van der Waals surface area (Å²) in [6.45, 7) is 2.28. The van der Waals surface area contributed by atoms with E-state index in [0.717, 1.165) is 5.56 Å². The van der Waals surface area contributed by atoms with Crippen LogP contribution in [0.15, 0.2) is 42.5 Å². The van der Waals surface area contributed by atoms with E-state index in [1.54, 1.807) is 12.2 Å². The van der Waals surface area contributed by atoms with Crippen LogP contribution in [-0.2, 0) is 11.3 Å². The molecule has 0 saturated heterocycles. The monoisotopic (exact) mass is 178 g/mol. The molecule has 1 rings (SSSR count). The first kappa shape index (κ1) is 9.96. The van der Waals surface area contributed by atoms with Crippen molar-refractivity contribution in [3.63, 3.8) is 0 Å². The molecule has 0 spiro atoms. The predicted octanol–water partition coefficient (Wildman–Crippen LogP) is 2.10. The van der Waals surface area contributed by atoms with Gasteiger partial charge in [0.1, 0.15) is 0 Å². The van der Waals surface area contributed by atoms with Gasteiger partial charge < -0.3 is 9.84 Å². The topological polar surface area (TPSA) is 29.5 Å². The normalized spacial score (nSPS) is 13.4. The SMILES string of the molecule is C/C=C/C(O)OCc1ccccc1. The lowest BCUT2D eigenvalue weighted by molar-refractivity contribution is -0.0733. The molecule has 0 aliphatic rings. The number of aliphatic hydroxyl groups excluding tert-OH is 1. The molecule has 1 aromatic rings. The molecule has 0 saturated carbocycles. The molecule has 1 unspecified atom stereocenters. The molecule has 1 N–H and O–H groups in total. The van der Waals surface area contributed by atoms with Crippen LogP contribution in [0, 0.1) is 0 Å². The third-order valence-corrected chi connectivity index (χ3v) is 1.62. The number of aliphatic hydroxyl groups is 1. The maximum absolute atomic E-state index is 9.20. The zero-order valence-corrected chi connectivity index (χ0v) is 7.68. The highest BCUT2D eigenvalue weighted by Crippen LogP contribution is 2.02. The Bertz CT molecular complexity index is 254. The van der Waals surface area contributed by atoms with Gasteiger partial charge in [-0.2, -0.15) is 0 Å². The van der Waals surface area contributed by atoms with Crippen molar-refractivity contribution in [1.29, 1.82) is 0 Å². The first-order valence-electron chi connectivity index (χ1n) is 4.29. The summed E-state index contributed by atoms with van der Waals surface area (Å²) in [5.74, 6) is 0. The Morgan fingerprint density at radius 2 is 2.08 bits per heavy atom. The summed E-state index contributed by atoms with van der Waals surface area (Å²) < 4.78 is 5.14. The third-order valence-electron chi connectivity index (χ3n) is 1.62. The van der Waals surface area contributed by atoms with Gasteiger partial charge in [-0.05, 0) is 18.6 Å². The zero-order chi connectivity index (χ0) is 9.52. The van der Waals surface area contributed by atoms with Gasteiger partial charge in [-0.25, -0.2) is 0 Å². The molecule has 0 fully saturated rings. The summed E-state index contributed by atoms with van der Waals surface area (Å²) >= 11 is 0. The second kappa shape index (κ2) is 5.51. The van der Waals surface area contributed by atoms with Crippen LogP contribution < -0.4 is 0 Å². The second-order valence-corrected chi connectivity index (χ2v) is 2.71. The zero-order valence-electron chi connectivity index (χ0n) is 7.68. The lowest BCUT2D eigenvalue weighted by Crippen LogP contribution is -2.07. The van der Waals surface area contributed by atoms with E-state index in [1.165, 1.54) is 0 Å². The molecule has 70 valence electrons. The van der Waals surface area contributed by atoms with E-state index in [-0.39, 0.29) is 0 Å². The van der Waals surface area contributed by atoms with Crippen LogP contribution in [0.3, 0.4) is 0 Å². The van der Waals surface area contributed by atoms with Gasteiger partial charge in [-0.1, -0.05) is 36.4 Å². The average Bonchev–Trinajstić information content (AvgIpc) is 2.17. The van der Waals surface area contributed by atoms with Gasteiger partial charge in [0.15, 0.2) is 6.29 Å². The Morgan fingerprint density at radius 3 is 2.69 bits per heavy atom. The van der Waals surface area contributed by atoms with Gasteiger partial charge in [0.05, 0.1) is 6.61 Å². The van der Waals surface area contributed by atoms with Crippen LogP contribution in [0.4, 0.5) is 0 Å². The van der Waals surface area contributed by atoms with E-state index in [0.29, 0.717) is 6.61 Å². The van der Waals surface area contributed by atoms with Crippen molar-refractivity contribution in [2.45, 2.75) is 19.8 Å². The van der Waals surface area contributed by atoms with Crippen molar-refractivity contribution in [2.75, 3.05) is 0 Å². The highest BCUT2D eigenvalue weighted by Gasteiger charge is 1.97. The van der Waals surface area contributed by atoms with Crippen LogP contribution in [0.2, 0.25) is 0 Å². The molecule has 2 heteroatoms. The van der Waals surface area contributed by atoms with E-state index in [2.05, 4.69) is 0 Å². The molecule has 1 atom stereocenters. The number of ether oxygens (including phenoxy) is 1. The largest absolute Gasteiger partial charge is 0.365 e. The molecular formula is C11H14O2. The van der Waals surface area contributed by atoms with E-state index in [4.69, 9.17) is 4.74 Å². The van der Waals surface area contributed by atoms with Gasteiger partial charge >= 0.3 is 0 Å². The van der Waals surface area contributed by atoms with Gasteiger partial charge in [0.2, 0.25) is 0 Å². The number of hydrogen-bond acceptors (Lipinski definition) is 2. The lowest BCUT2D eigenvalue weighted by Gasteiger charge is -2.07. The van der Waals surface area contributed by atoms with Gasteiger partial charge in [-0.3, -0.25) is 0 Å². The Kier molecular flexibility index (Phi) is 4.23. The number of hydrogen-bond donors (Lipinski definition) is 1. The van der Waals surface area contributed by atoms with E-state index >= 15 is 0 Å². The Hall–Kier alpha value is -1.12. The van der Waals surface area contributed by atoms with E-state index in [1.807, 2.05) is 37.3 Å². The molecule has 13 heavy (non-hydrogen) atoms. The molecule has 0 aliphatic carbocycles. The van der Waals surface area contributed by atoms with Crippen LogP contribution >= 0.6 is 0 Å². The van der Waals surface area contributed by atoms with Crippen molar-refractivity contribution < 1.29 is 9.84 Å². The van der Waals surface area contributed by atoms with Crippen LogP contribution in [-0.4, -0.2) is 11.4 Å². The Balaban J connectivity index is 2.35. The molecule has 0 bridgehead atoms. The van der Waals surface area contributed by atoms with Crippen molar-refractivity contribution in [3.8, 4) is 0 Å². The smallest absolute Gasteiger partial charge is 0.174 e. The van der Waals surface area contributed by atoms with E-state index in [9.17, 15) is 5.11 Å². The molecule has 0 aliphatic heterocycles. The minimum absolute atomic E-state index is 0.437. The molecule has 0 heterocycles. The van der Waals surface area contributed by atoms with Crippen molar-refractivity contribution in [2.24, 2.45) is 0 Å². The minimum Gasteiger partial charge on any atom is -0.365 e. The van der Waals surface area contributed by atoms with Crippen LogP contribution in [0.5, 0.6) is 0 Å². The summed E-state index contributed by atoms with van der Waals surface area (Å²) in [7, 11) is 0. The number of benzene rings is 1. The highest BCUT2D eigenvalue weighted by atomic mass is 16.6. The fraction of sp³-hybridized carbons (Fsp3) is 0.273. The van der Waals surface area contributed by atoms with E-state index < -0.39 is 6.29 Å². The number of allylic oxidation sites excluding steroid dienone is 1. The molecule has 0 radical (unpaired) electrons. The molecule has 2 nitrogen and oxygen atoms in total. The molecule has 0 aromatic heterocycles. The molecule has 1 aromatic carbocycles. The van der Waals surface area contributed by atoms with Crippen LogP contribution in [0.1, 0.15) is 12.5 Å². The maximum Gasteiger partial charge on any atom is 0.174 e. The first-order valence-corrected chi connectivity index (χ1v) is 4.29. The summed E-state index contributed by atoms with van der Waals surface area (Å²) in [5, 5.41) is 9.20. The summed E-state index contributed by atoms with van der Waals surface area (Å²) in [4.78, 5) is 0. The highest BCUT2D eigenvalue weighted by molar-refractivity contribution is 5.13. The fourth-order valence-corrected chi connectivity index (χ4v) is 0.976. The van der Waals surface area contributed by atoms with Crippen molar-refractivity contribution in [3.05, 3.63) is 48.0 Å². The fourth-order valence-electron chi connectivity index (χ4n) is 0.976. The maximum atomic E-state index is 9.20. The number of rotatable bonds is 4. The Labute approximate surface area is 78.5 Å². The molecular weight excluding hydrogens is 164 g/mol. The van der Waals surface area contributed by atoms with Gasteiger partial charge in [0, 0.05) is 0 Å². The summed E-state index contributed by atoms with van der Waals surface area (Å²) in [6.07, 6.45) is 2.56. The van der Waals surface area contributed by atoms with Crippen molar-refractivity contribution in [1.82, 2.24) is 0 Å². The molecule has 0 amide bonds. The summed E-state index contributed by atoms with van der Waals surface area (Å²) in [6, 6.07) is 9.76. The van der Waals surface area contributed by atoms with Crippen molar-refractivity contribution >= 4 is 0 Å². The second-order valence-electron chi connectivity index (χ2n) is 2.71. The predicted molar refractivity (Wildman–Crippen MR) is 52.1 cm³/mol. The minimum atomic E-state index is -0.801. The average molecular weight is 178 g/mol. The standard InChI is InChI=1S/C11H14O2/c1-2-6-11(12)13-9-10-7-4-3-5-8-10/h2-8,11-12H,9H2,1H3/b6-2+. The van der Waals surface area contributed by atoms with Gasteiger partial charge in [-0.15, -0.1) is 0 Å². The first-order chi connectivity index (χ1) is 6.33. The quantitative estimate of drug-likeness (QED) is 0.565. The summed E-state index contributed by atoms with van der Waals surface area (Å²) in [5.41, 5.74) is 1.06. The third kappa shape index (κ3) is 3.87. The van der Waals surface area contributed by atoms with Crippen LogP contribution in [0.25, 0.3) is 0 Å². The lowest BCUT2D eigenvalue weighted by atomic mass is 10.2.